The first kappa shape index (κ1) is 15.5. The second-order valence-electron chi connectivity index (χ2n) is 7.59. The molecule has 2 aliphatic carbocycles. The molecule has 1 aromatic carbocycles. The van der Waals surface area contributed by atoms with Crippen molar-refractivity contribution in [3.63, 3.8) is 0 Å². The van der Waals surface area contributed by atoms with Gasteiger partial charge in [0.25, 0.3) is 0 Å². The predicted molar refractivity (Wildman–Crippen MR) is 93.7 cm³/mol. The van der Waals surface area contributed by atoms with Crippen LogP contribution in [0.3, 0.4) is 0 Å². The van der Waals surface area contributed by atoms with Crippen molar-refractivity contribution < 1.29 is 9.21 Å². The van der Waals surface area contributed by atoms with Crippen LogP contribution in [0.4, 0.5) is 0 Å². The van der Waals surface area contributed by atoms with E-state index in [0.717, 1.165) is 42.3 Å². The molecule has 1 aromatic heterocycles. The van der Waals surface area contributed by atoms with Crippen molar-refractivity contribution >= 4 is 5.91 Å². The average Bonchev–Trinajstić information content (AvgIpc) is 3.09. The van der Waals surface area contributed by atoms with Crippen LogP contribution in [0.1, 0.15) is 55.6 Å². The Bertz CT molecular complexity index is 729. The molecule has 3 nitrogen and oxygen atoms in total. The number of hydrogen-bond acceptors (Lipinski definition) is 2. The second-order valence-corrected chi connectivity index (χ2v) is 7.59. The highest BCUT2D eigenvalue weighted by molar-refractivity contribution is 5.89. The van der Waals surface area contributed by atoms with E-state index in [0.29, 0.717) is 12.5 Å². The molecule has 126 valence electrons. The van der Waals surface area contributed by atoms with Crippen LogP contribution in [0.25, 0.3) is 0 Å². The Morgan fingerprint density at radius 3 is 2.50 bits per heavy atom. The lowest BCUT2D eigenvalue weighted by Crippen LogP contribution is -2.49. The van der Waals surface area contributed by atoms with Gasteiger partial charge in [-0.1, -0.05) is 43.7 Å². The van der Waals surface area contributed by atoms with Gasteiger partial charge < -0.3 is 9.32 Å². The van der Waals surface area contributed by atoms with Gasteiger partial charge in [0, 0.05) is 13.0 Å². The topological polar surface area (TPSA) is 33.5 Å². The number of amides is 1. The fraction of sp³-hybridized carbons (Fsp3) is 0.476. The zero-order valence-corrected chi connectivity index (χ0v) is 14.5. The molecule has 0 spiro atoms. The molecule has 1 amide bonds. The maximum Gasteiger partial charge on any atom is 0.233 e. The highest BCUT2D eigenvalue weighted by Crippen LogP contribution is 2.48. The number of hydrogen-bond donors (Lipinski definition) is 0. The molecule has 2 saturated carbocycles. The van der Waals surface area contributed by atoms with Gasteiger partial charge >= 0.3 is 0 Å². The summed E-state index contributed by atoms with van der Waals surface area (Å²) in [5.74, 6) is 3.52. The van der Waals surface area contributed by atoms with Gasteiger partial charge in [0.05, 0.1) is 12.0 Å². The molecule has 2 atom stereocenters. The maximum absolute atomic E-state index is 13.1. The predicted octanol–water partition coefficient (Wildman–Crippen LogP) is 4.48. The summed E-state index contributed by atoms with van der Waals surface area (Å²) in [5, 5.41) is 0. The molecule has 24 heavy (non-hydrogen) atoms. The van der Waals surface area contributed by atoms with Gasteiger partial charge in [-0.25, -0.2) is 0 Å². The summed E-state index contributed by atoms with van der Waals surface area (Å²) in [4.78, 5) is 15.0. The minimum Gasteiger partial charge on any atom is -0.464 e. The monoisotopic (exact) mass is 323 g/mol. The molecule has 0 aliphatic heterocycles. The van der Waals surface area contributed by atoms with Gasteiger partial charge in [-0.2, -0.15) is 0 Å². The summed E-state index contributed by atoms with van der Waals surface area (Å²) in [6.45, 7) is 2.80. The fourth-order valence-corrected chi connectivity index (χ4v) is 3.98. The quantitative estimate of drug-likeness (QED) is 0.812. The van der Waals surface area contributed by atoms with E-state index in [1.165, 1.54) is 6.42 Å². The van der Waals surface area contributed by atoms with Gasteiger partial charge in [-0.05, 0) is 42.9 Å². The van der Waals surface area contributed by atoms with Gasteiger partial charge in [0.1, 0.15) is 11.5 Å². The van der Waals surface area contributed by atoms with Crippen molar-refractivity contribution in [1.82, 2.24) is 4.90 Å². The summed E-state index contributed by atoms with van der Waals surface area (Å²) in [6, 6.07) is 14.3. The molecule has 0 saturated heterocycles. The van der Waals surface area contributed by atoms with Crippen molar-refractivity contribution in [3.8, 4) is 0 Å². The molecule has 0 unspecified atom stereocenters. The van der Waals surface area contributed by atoms with Gasteiger partial charge in [-0.3, -0.25) is 4.79 Å². The van der Waals surface area contributed by atoms with Gasteiger partial charge in [0.15, 0.2) is 0 Å². The summed E-state index contributed by atoms with van der Waals surface area (Å²) in [6.07, 6.45) is 4.24. The Hall–Kier alpha value is -2.03. The lowest BCUT2D eigenvalue weighted by Gasteiger charge is -2.43. The highest BCUT2D eigenvalue weighted by atomic mass is 16.3. The number of carbonyl (C=O) groups is 1. The van der Waals surface area contributed by atoms with Crippen LogP contribution < -0.4 is 0 Å². The number of nitrogens with zero attached hydrogens (tertiary/aromatic N) is 1. The Balaban J connectivity index is 1.48. The Morgan fingerprint density at radius 1 is 1.21 bits per heavy atom. The average molecular weight is 323 g/mol. The molecule has 0 N–H and O–H groups in total. The normalized spacial score (nSPS) is 24.2. The molecular formula is C21H25NO2. The van der Waals surface area contributed by atoms with Crippen molar-refractivity contribution in [3.05, 3.63) is 59.5 Å². The molecule has 1 heterocycles. The van der Waals surface area contributed by atoms with Crippen LogP contribution in [0, 0.1) is 5.92 Å². The third-order valence-electron chi connectivity index (χ3n) is 5.84. The van der Waals surface area contributed by atoms with Crippen LogP contribution in [-0.4, -0.2) is 17.9 Å². The zero-order chi connectivity index (χ0) is 16.7. The standard InChI is InChI=1S/C21H25NO2/c1-15-13-18(15)19-10-9-17(24-19)14-22(2)20(23)21(11-6-12-21)16-7-4-3-5-8-16/h3-5,7-10,15,18H,6,11-14H2,1-2H3/t15-,18+/m0/s1. The van der Waals surface area contributed by atoms with E-state index in [4.69, 9.17) is 4.42 Å². The summed E-state index contributed by atoms with van der Waals surface area (Å²) < 4.78 is 5.97. The van der Waals surface area contributed by atoms with Crippen molar-refractivity contribution in [2.24, 2.45) is 5.92 Å². The van der Waals surface area contributed by atoms with Crippen LogP contribution in [0.2, 0.25) is 0 Å². The largest absolute Gasteiger partial charge is 0.464 e. The van der Waals surface area contributed by atoms with E-state index in [-0.39, 0.29) is 11.3 Å². The molecule has 2 aromatic rings. The Labute approximate surface area is 143 Å². The second kappa shape index (κ2) is 5.80. The Morgan fingerprint density at radius 2 is 1.92 bits per heavy atom. The maximum atomic E-state index is 13.1. The first-order valence-electron chi connectivity index (χ1n) is 9.00. The number of carbonyl (C=O) groups excluding carboxylic acids is 1. The summed E-state index contributed by atoms with van der Waals surface area (Å²) >= 11 is 0. The molecule has 0 bridgehead atoms. The van der Waals surface area contributed by atoms with Crippen LogP contribution in [0.15, 0.2) is 46.9 Å². The van der Waals surface area contributed by atoms with Crippen LogP contribution in [-0.2, 0) is 16.8 Å². The third kappa shape index (κ3) is 2.56. The first-order valence-corrected chi connectivity index (χ1v) is 9.00. The van der Waals surface area contributed by atoms with Gasteiger partial charge in [0.2, 0.25) is 5.91 Å². The van der Waals surface area contributed by atoms with E-state index < -0.39 is 0 Å². The van der Waals surface area contributed by atoms with E-state index in [1.807, 2.05) is 36.2 Å². The van der Waals surface area contributed by atoms with Gasteiger partial charge in [-0.15, -0.1) is 0 Å². The SMILES string of the molecule is C[C@H]1C[C@H]1c1ccc(CN(C)C(=O)C2(c3ccccc3)CCC2)o1. The molecule has 2 fully saturated rings. The fourth-order valence-electron chi connectivity index (χ4n) is 3.98. The van der Waals surface area contributed by atoms with E-state index in [2.05, 4.69) is 25.1 Å². The molecule has 3 heteroatoms. The van der Waals surface area contributed by atoms with Crippen molar-refractivity contribution in [2.45, 2.75) is 50.5 Å². The number of likely N-dealkylation sites (N-methyl/N-ethyl adjacent to an activating group) is 1. The minimum absolute atomic E-state index is 0.220. The summed E-state index contributed by atoms with van der Waals surface area (Å²) in [5.41, 5.74) is 0.830. The van der Waals surface area contributed by atoms with Crippen molar-refractivity contribution in [1.29, 1.82) is 0 Å². The molecule has 4 rings (SSSR count). The van der Waals surface area contributed by atoms with E-state index >= 15 is 0 Å². The highest BCUT2D eigenvalue weighted by Gasteiger charge is 2.47. The summed E-state index contributed by atoms with van der Waals surface area (Å²) in [7, 11) is 1.90. The minimum atomic E-state index is -0.323. The lowest BCUT2D eigenvalue weighted by atomic mass is 9.63. The zero-order valence-electron chi connectivity index (χ0n) is 14.5. The lowest BCUT2D eigenvalue weighted by molar-refractivity contribution is -0.140. The number of benzene rings is 1. The molecule has 0 radical (unpaired) electrons. The Kier molecular flexibility index (Phi) is 3.75. The molecular weight excluding hydrogens is 298 g/mol. The van der Waals surface area contributed by atoms with Crippen LogP contribution >= 0.6 is 0 Å². The number of furan rings is 1. The third-order valence-corrected chi connectivity index (χ3v) is 5.84. The van der Waals surface area contributed by atoms with Crippen LogP contribution in [0.5, 0.6) is 0 Å². The smallest absolute Gasteiger partial charge is 0.233 e. The molecule has 2 aliphatic rings. The van der Waals surface area contributed by atoms with E-state index in [9.17, 15) is 4.79 Å². The van der Waals surface area contributed by atoms with E-state index in [1.54, 1.807) is 0 Å². The van der Waals surface area contributed by atoms with Crippen molar-refractivity contribution in [2.75, 3.05) is 7.05 Å². The number of rotatable bonds is 5. The first-order chi connectivity index (χ1) is 11.6.